The van der Waals surface area contributed by atoms with Gasteiger partial charge in [-0.15, -0.1) is 0 Å². The van der Waals surface area contributed by atoms with Crippen molar-refractivity contribution in [3.63, 3.8) is 0 Å². The van der Waals surface area contributed by atoms with Crippen LogP contribution in [0.5, 0.6) is 0 Å². The lowest BCUT2D eigenvalue weighted by molar-refractivity contribution is -0.122. The molecule has 0 bridgehead atoms. The van der Waals surface area contributed by atoms with E-state index in [1.54, 1.807) is 0 Å². The number of nitrogens with one attached hydrogen (secondary N) is 2. The fourth-order valence-corrected chi connectivity index (χ4v) is 3.17. The van der Waals surface area contributed by atoms with E-state index < -0.39 is 11.6 Å². The van der Waals surface area contributed by atoms with Crippen molar-refractivity contribution >= 4 is 38.5 Å². The first kappa shape index (κ1) is 15.8. The molecule has 2 aromatic rings. The quantitative estimate of drug-likeness (QED) is 0.880. The average Bonchev–Trinajstić information content (AvgIpc) is 3.09. The molecular weight excluding hydrogens is 324 g/mol. The van der Waals surface area contributed by atoms with Gasteiger partial charge in [0.15, 0.2) is 16.8 Å². The van der Waals surface area contributed by atoms with Gasteiger partial charge in [-0.1, -0.05) is 18.3 Å². The smallest absolute Gasteiger partial charge is 0.227 e. The van der Waals surface area contributed by atoms with Crippen molar-refractivity contribution in [2.24, 2.45) is 11.8 Å². The number of rotatable bonds is 5. The number of benzene rings is 1. The third-order valence-electron chi connectivity index (χ3n) is 3.77. The van der Waals surface area contributed by atoms with E-state index in [1.807, 2.05) is 6.92 Å². The second-order valence-electron chi connectivity index (χ2n) is 5.66. The summed E-state index contributed by atoms with van der Waals surface area (Å²) in [5, 5.41) is 5.56. The van der Waals surface area contributed by atoms with Crippen LogP contribution in [0.2, 0.25) is 0 Å². The molecule has 1 saturated carbocycles. The van der Waals surface area contributed by atoms with Gasteiger partial charge in [-0.3, -0.25) is 9.59 Å². The van der Waals surface area contributed by atoms with Gasteiger partial charge in [0.1, 0.15) is 0 Å². The summed E-state index contributed by atoms with van der Waals surface area (Å²) >= 11 is 1.07. The highest BCUT2D eigenvalue weighted by Gasteiger charge is 2.38. The van der Waals surface area contributed by atoms with Crippen LogP contribution in [0.4, 0.5) is 13.9 Å². The van der Waals surface area contributed by atoms with Gasteiger partial charge in [0.2, 0.25) is 11.8 Å². The molecule has 1 aromatic heterocycles. The Labute approximate surface area is 135 Å². The van der Waals surface area contributed by atoms with Crippen LogP contribution in [-0.4, -0.2) is 23.3 Å². The largest absolute Gasteiger partial charge is 0.355 e. The third-order valence-corrected chi connectivity index (χ3v) is 4.71. The molecule has 0 aliphatic heterocycles. The fourth-order valence-electron chi connectivity index (χ4n) is 2.28. The van der Waals surface area contributed by atoms with Gasteiger partial charge in [-0.25, -0.2) is 13.8 Å². The number of fused-ring (bicyclic) bond motifs is 1. The summed E-state index contributed by atoms with van der Waals surface area (Å²) in [5.74, 6) is -1.75. The number of aromatic nitrogens is 1. The molecule has 1 aromatic carbocycles. The molecule has 0 saturated heterocycles. The zero-order chi connectivity index (χ0) is 16.6. The monoisotopic (exact) mass is 339 g/mol. The number of amides is 2. The van der Waals surface area contributed by atoms with E-state index >= 15 is 0 Å². The highest BCUT2D eigenvalue weighted by atomic mass is 32.1. The third kappa shape index (κ3) is 3.64. The Morgan fingerprint density at radius 2 is 2.04 bits per heavy atom. The molecule has 2 N–H and O–H groups in total. The Morgan fingerprint density at radius 3 is 2.74 bits per heavy atom. The minimum Gasteiger partial charge on any atom is -0.355 e. The van der Waals surface area contributed by atoms with E-state index in [-0.39, 0.29) is 35.8 Å². The lowest BCUT2D eigenvalue weighted by Gasteiger charge is -2.04. The minimum absolute atomic E-state index is 0.0174. The van der Waals surface area contributed by atoms with Gasteiger partial charge < -0.3 is 10.6 Å². The number of hydrogen-bond acceptors (Lipinski definition) is 4. The molecule has 2 amide bonds. The summed E-state index contributed by atoms with van der Waals surface area (Å²) < 4.78 is 26.7. The molecule has 2 unspecified atom stereocenters. The molecule has 1 heterocycles. The molecule has 8 heteroatoms. The Balaban J connectivity index is 1.52. The second kappa shape index (κ2) is 6.19. The van der Waals surface area contributed by atoms with Gasteiger partial charge >= 0.3 is 0 Å². The molecule has 122 valence electrons. The second-order valence-corrected chi connectivity index (χ2v) is 6.69. The van der Waals surface area contributed by atoms with Crippen molar-refractivity contribution in [3.05, 3.63) is 23.8 Å². The van der Waals surface area contributed by atoms with E-state index in [4.69, 9.17) is 0 Å². The van der Waals surface area contributed by atoms with Crippen LogP contribution in [-0.2, 0) is 9.59 Å². The average molecular weight is 339 g/mol. The Hall–Kier alpha value is -2.09. The predicted octanol–water partition coefficient (Wildman–Crippen LogP) is 2.68. The first-order valence-corrected chi connectivity index (χ1v) is 8.09. The SMILES string of the molecule is CC1CC1C(=O)NCCC(=O)Nc1nc2cc(F)c(F)cc2s1. The van der Waals surface area contributed by atoms with Crippen molar-refractivity contribution in [2.45, 2.75) is 19.8 Å². The Bertz CT molecular complexity index is 738. The number of carbonyl (C=O) groups is 2. The molecular formula is C15H15F2N3O2S. The maximum absolute atomic E-state index is 13.1. The van der Waals surface area contributed by atoms with Crippen molar-refractivity contribution in [2.75, 3.05) is 11.9 Å². The minimum atomic E-state index is -0.974. The lowest BCUT2D eigenvalue weighted by atomic mass is 10.3. The summed E-state index contributed by atoms with van der Waals surface area (Å²) in [6.07, 6.45) is 1.02. The van der Waals surface area contributed by atoms with Gasteiger partial charge in [0.05, 0.1) is 10.2 Å². The number of thiazole rings is 1. The van der Waals surface area contributed by atoms with E-state index in [0.717, 1.165) is 29.9 Å². The summed E-state index contributed by atoms with van der Waals surface area (Å²) in [6.45, 7) is 2.26. The van der Waals surface area contributed by atoms with Crippen LogP contribution in [0.3, 0.4) is 0 Å². The topological polar surface area (TPSA) is 71.1 Å². The fraction of sp³-hybridized carbons (Fsp3) is 0.400. The zero-order valence-electron chi connectivity index (χ0n) is 12.4. The van der Waals surface area contributed by atoms with Crippen molar-refractivity contribution in [1.82, 2.24) is 10.3 Å². The first-order chi connectivity index (χ1) is 10.9. The van der Waals surface area contributed by atoms with Crippen LogP contribution < -0.4 is 10.6 Å². The molecule has 1 fully saturated rings. The molecule has 1 aliphatic carbocycles. The van der Waals surface area contributed by atoms with Crippen LogP contribution in [0, 0.1) is 23.5 Å². The maximum atomic E-state index is 13.1. The molecule has 23 heavy (non-hydrogen) atoms. The highest BCUT2D eigenvalue weighted by molar-refractivity contribution is 7.22. The number of anilines is 1. The summed E-state index contributed by atoms with van der Waals surface area (Å²) in [6, 6.07) is 2.04. The van der Waals surface area contributed by atoms with E-state index in [1.165, 1.54) is 0 Å². The normalized spacial score (nSPS) is 19.6. The van der Waals surface area contributed by atoms with Gasteiger partial charge in [0, 0.05) is 24.9 Å². The molecule has 0 spiro atoms. The highest BCUT2D eigenvalue weighted by Crippen LogP contribution is 2.37. The first-order valence-electron chi connectivity index (χ1n) is 7.27. The van der Waals surface area contributed by atoms with Gasteiger partial charge in [-0.2, -0.15) is 0 Å². The van der Waals surface area contributed by atoms with Crippen molar-refractivity contribution in [1.29, 1.82) is 0 Å². The summed E-state index contributed by atoms with van der Waals surface area (Å²) in [4.78, 5) is 27.5. The van der Waals surface area contributed by atoms with E-state index in [9.17, 15) is 18.4 Å². The Kier molecular flexibility index (Phi) is 4.25. The van der Waals surface area contributed by atoms with Gasteiger partial charge in [-0.05, 0) is 18.4 Å². The summed E-state index contributed by atoms with van der Waals surface area (Å²) in [5.41, 5.74) is 0.292. The van der Waals surface area contributed by atoms with Crippen LogP contribution in [0.25, 0.3) is 10.2 Å². The van der Waals surface area contributed by atoms with Crippen LogP contribution >= 0.6 is 11.3 Å². The van der Waals surface area contributed by atoms with Crippen LogP contribution in [0.1, 0.15) is 19.8 Å². The van der Waals surface area contributed by atoms with E-state index in [2.05, 4.69) is 15.6 Å². The zero-order valence-corrected chi connectivity index (χ0v) is 13.2. The van der Waals surface area contributed by atoms with Crippen molar-refractivity contribution in [3.8, 4) is 0 Å². The number of hydrogen-bond donors (Lipinski definition) is 2. The number of halogens is 2. The molecule has 2 atom stereocenters. The predicted molar refractivity (Wildman–Crippen MR) is 83.1 cm³/mol. The van der Waals surface area contributed by atoms with Crippen LogP contribution in [0.15, 0.2) is 12.1 Å². The number of carbonyl (C=O) groups excluding carboxylic acids is 2. The lowest BCUT2D eigenvalue weighted by Crippen LogP contribution is -2.29. The maximum Gasteiger partial charge on any atom is 0.227 e. The summed E-state index contributed by atoms with van der Waals surface area (Å²) in [7, 11) is 0. The molecule has 3 rings (SSSR count). The standard InChI is InChI=1S/C15H15F2N3O2S/c1-7-4-8(7)14(22)18-3-2-13(21)20-15-19-11-5-9(16)10(17)6-12(11)23-15/h5-8H,2-4H2,1H3,(H,18,22)(H,19,20,21). The van der Waals surface area contributed by atoms with Gasteiger partial charge in [0.25, 0.3) is 0 Å². The number of nitrogens with zero attached hydrogens (tertiary/aromatic N) is 1. The molecule has 5 nitrogen and oxygen atoms in total. The Morgan fingerprint density at radius 1 is 1.35 bits per heavy atom. The van der Waals surface area contributed by atoms with Crippen molar-refractivity contribution < 1.29 is 18.4 Å². The van der Waals surface area contributed by atoms with E-state index in [0.29, 0.717) is 16.1 Å². The molecule has 1 aliphatic rings. The molecule has 0 radical (unpaired) electrons.